The topological polar surface area (TPSA) is 21.3 Å². The highest BCUT2D eigenvalue weighted by Crippen LogP contribution is 2.22. The van der Waals surface area contributed by atoms with Crippen LogP contribution in [0, 0.1) is 11.8 Å². The molecule has 1 heterocycles. The summed E-state index contributed by atoms with van der Waals surface area (Å²) in [6, 6.07) is 0.689. The second-order valence-corrected chi connectivity index (χ2v) is 5.86. The number of rotatable bonds is 8. The first-order chi connectivity index (χ1) is 8.24. The van der Waals surface area contributed by atoms with E-state index >= 15 is 0 Å². The summed E-state index contributed by atoms with van der Waals surface area (Å²) < 4.78 is 5.63. The van der Waals surface area contributed by atoms with Gasteiger partial charge in [0, 0.05) is 12.6 Å². The Balaban J connectivity index is 2.30. The van der Waals surface area contributed by atoms with Gasteiger partial charge in [-0.2, -0.15) is 0 Å². The Morgan fingerprint density at radius 2 is 2.12 bits per heavy atom. The third-order valence-corrected chi connectivity index (χ3v) is 3.72. The Labute approximate surface area is 108 Å². The van der Waals surface area contributed by atoms with Gasteiger partial charge in [-0.05, 0) is 44.1 Å². The maximum Gasteiger partial charge on any atom is 0.0509 e. The normalized spacial score (nSPS) is 22.9. The molecule has 2 nitrogen and oxygen atoms in total. The quantitative estimate of drug-likeness (QED) is 0.701. The molecule has 102 valence electrons. The first-order valence-electron chi connectivity index (χ1n) is 7.55. The minimum Gasteiger partial charge on any atom is -0.381 e. The zero-order valence-corrected chi connectivity index (χ0v) is 12.0. The fourth-order valence-corrected chi connectivity index (χ4v) is 2.66. The Bertz CT molecular complexity index is 176. The maximum atomic E-state index is 5.63. The molecular weight excluding hydrogens is 210 g/mol. The number of nitrogens with one attached hydrogen (secondary N) is 1. The molecule has 2 unspecified atom stereocenters. The molecule has 1 saturated heterocycles. The second kappa shape index (κ2) is 8.93. The summed E-state index contributed by atoms with van der Waals surface area (Å²) in [5.41, 5.74) is 0. The number of ether oxygens (including phenoxy) is 1. The van der Waals surface area contributed by atoms with Crippen LogP contribution < -0.4 is 5.32 Å². The molecule has 0 saturated carbocycles. The largest absolute Gasteiger partial charge is 0.381 e. The highest BCUT2D eigenvalue weighted by molar-refractivity contribution is 4.78. The predicted octanol–water partition coefficient (Wildman–Crippen LogP) is 3.61. The van der Waals surface area contributed by atoms with Crippen LogP contribution in [0.1, 0.15) is 59.3 Å². The fourth-order valence-electron chi connectivity index (χ4n) is 2.66. The minimum absolute atomic E-state index is 0.689. The van der Waals surface area contributed by atoms with Gasteiger partial charge in [0.05, 0.1) is 6.61 Å². The zero-order valence-electron chi connectivity index (χ0n) is 12.0. The zero-order chi connectivity index (χ0) is 12.5. The van der Waals surface area contributed by atoms with Crippen LogP contribution in [-0.4, -0.2) is 25.8 Å². The van der Waals surface area contributed by atoms with Crippen molar-refractivity contribution < 1.29 is 4.74 Å². The molecule has 2 heteroatoms. The van der Waals surface area contributed by atoms with Crippen LogP contribution in [0.25, 0.3) is 0 Å². The molecule has 0 spiro atoms. The third-order valence-electron chi connectivity index (χ3n) is 3.72. The van der Waals surface area contributed by atoms with Gasteiger partial charge in [-0.3, -0.25) is 0 Å². The van der Waals surface area contributed by atoms with Crippen LogP contribution in [0.15, 0.2) is 0 Å². The second-order valence-electron chi connectivity index (χ2n) is 5.86. The van der Waals surface area contributed by atoms with Gasteiger partial charge in [0.2, 0.25) is 0 Å². The van der Waals surface area contributed by atoms with Gasteiger partial charge in [-0.15, -0.1) is 0 Å². The summed E-state index contributed by atoms with van der Waals surface area (Å²) >= 11 is 0. The number of hydrogen-bond donors (Lipinski definition) is 1. The van der Waals surface area contributed by atoms with Gasteiger partial charge in [0.1, 0.15) is 0 Å². The first-order valence-corrected chi connectivity index (χ1v) is 7.55. The summed E-state index contributed by atoms with van der Waals surface area (Å²) in [6.07, 6.45) is 7.87. The van der Waals surface area contributed by atoms with Crippen LogP contribution in [0.3, 0.4) is 0 Å². The van der Waals surface area contributed by atoms with E-state index in [1.807, 2.05) is 0 Å². The molecule has 1 aliphatic rings. The molecule has 0 aliphatic carbocycles. The first kappa shape index (κ1) is 15.0. The van der Waals surface area contributed by atoms with Crippen LogP contribution in [-0.2, 0) is 4.74 Å². The van der Waals surface area contributed by atoms with E-state index in [2.05, 4.69) is 26.1 Å². The molecule has 0 aromatic heterocycles. The van der Waals surface area contributed by atoms with Crippen molar-refractivity contribution in [2.75, 3.05) is 19.8 Å². The van der Waals surface area contributed by atoms with Crippen LogP contribution in [0.5, 0.6) is 0 Å². The van der Waals surface area contributed by atoms with Gasteiger partial charge in [0.15, 0.2) is 0 Å². The van der Waals surface area contributed by atoms with E-state index in [4.69, 9.17) is 4.74 Å². The molecule has 0 aromatic carbocycles. The Hall–Kier alpha value is -0.0800. The Kier molecular flexibility index (Phi) is 7.87. The maximum absolute atomic E-state index is 5.63. The van der Waals surface area contributed by atoms with Crippen molar-refractivity contribution in [3.8, 4) is 0 Å². The van der Waals surface area contributed by atoms with Crippen molar-refractivity contribution >= 4 is 0 Å². The standard InChI is InChI=1S/C15H31NO/c1-4-10-16-15(9-5-7-13(2)3)14-8-6-11-17-12-14/h13-16H,4-12H2,1-3H3. The summed E-state index contributed by atoms with van der Waals surface area (Å²) in [7, 11) is 0. The molecule has 0 radical (unpaired) electrons. The summed E-state index contributed by atoms with van der Waals surface area (Å²) in [4.78, 5) is 0. The Morgan fingerprint density at radius 1 is 1.29 bits per heavy atom. The summed E-state index contributed by atoms with van der Waals surface area (Å²) in [5, 5.41) is 3.73. The molecule has 1 aliphatic heterocycles. The average Bonchev–Trinajstić information content (AvgIpc) is 2.34. The van der Waals surface area contributed by atoms with Crippen LogP contribution in [0.4, 0.5) is 0 Å². The highest BCUT2D eigenvalue weighted by atomic mass is 16.5. The smallest absolute Gasteiger partial charge is 0.0509 e. The predicted molar refractivity (Wildman–Crippen MR) is 74.3 cm³/mol. The molecule has 0 amide bonds. The van der Waals surface area contributed by atoms with Crippen LogP contribution >= 0.6 is 0 Å². The van der Waals surface area contributed by atoms with E-state index in [-0.39, 0.29) is 0 Å². The van der Waals surface area contributed by atoms with E-state index in [0.717, 1.165) is 31.6 Å². The molecular formula is C15H31NO. The highest BCUT2D eigenvalue weighted by Gasteiger charge is 2.23. The van der Waals surface area contributed by atoms with Crippen molar-refractivity contribution in [2.45, 2.75) is 65.3 Å². The third kappa shape index (κ3) is 6.42. The minimum atomic E-state index is 0.689. The van der Waals surface area contributed by atoms with E-state index < -0.39 is 0 Å². The van der Waals surface area contributed by atoms with Crippen molar-refractivity contribution in [2.24, 2.45) is 11.8 Å². The molecule has 1 fully saturated rings. The molecule has 0 bridgehead atoms. The molecule has 1 rings (SSSR count). The van der Waals surface area contributed by atoms with E-state index in [1.54, 1.807) is 0 Å². The Morgan fingerprint density at radius 3 is 2.71 bits per heavy atom. The van der Waals surface area contributed by atoms with Crippen molar-refractivity contribution in [3.63, 3.8) is 0 Å². The van der Waals surface area contributed by atoms with E-state index in [9.17, 15) is 0 Å². The summed E-state index contributed by atoms with van der Waals surface area (Å²) in [5.74, 6) is 1.59. The lowest BCUT2D eigenvalue weighted by Crippen LogP contribution is -2.40. The van der Waals surface area contributed by atoms with Gasteiger partial charge in [-0.1, -0.05) is 33.6 Å². The van der Waals surface area contributed by atoms with Crippen LogP contribution in [0.2, 0.25) is 0 Å². The van der Waals surface area contributed by atoms with Gasteiger partial charge in [-0.25, -0.2) is 0 Å². The summed E-state index contributed by atoms with van der Waals surface area (Å²) in [6.45, 7) is 9.99. The lowest BCUT2D eigenvalue weighted by molar-refractivity contribution is 0.0374. The molecule has 2 atom stereocenters. The fraction of sp³-hybridized carbons (Fsp3) is 1.00. The van der Waals surface area contributed by atoms with Crippen molar-refractivity contribution in [3.05, 3.63) is 0 Å². The molecule has 0 aromatic rings. The van der Waals surface area contributed by atoms with E-state index in [0.29, 0.717) is 6.04 Å². The van der Waals surface area contributed by atoms with Crippen molar-refractivity contribution in [1.29, 1.82) is 0 Å². The van der Waals surface area contributed by atoms with Gasteiger partial charge < -0.3 is 10.1 Å². The molecule has 1 N–H and O–H groups in total. The monoisotopic (exact) mass is 241 g/mol. The number of hydrogen-bond acceptors (Lipinski definition) is 2. The molecule has 17 heavy (non-hydrogen) atoms. The lowest BCUT2D eigenvalue weighted by Gasteiger charge is -2.31. The van der Waals surface area contributed by atoms with Gasteiger partial charge >= 0.3 is 0 Å². The van der Waals surface area contributed by atoms with E-state index in [1.165, 1.54) is 38.5 Å². The SMILES string of the molecule is CCCNC(CCCC(C)C)C1CCCOC1. The van der Waals surface area contributed by atoms with Gasteiger partial charge in [0.25, 0.3) is 0 Å². The van der Waals surface area contributed by atoms with Crippen molar-refractivity contribution in [1.82, 2.24) is 5.32 Å². The average molecular weight is 241 g/mol. The lowest BCUT2D eigenvalue weighted by atomic mass is 9.89.